The van der Waals surface area contributed by atoms with Crippen LogP contribution < -0.4 is 0 Å². The monoisotopic (exact) mass is 199 g/mol. The van der Waals surface area contributed by atoms with Crippen LogP contribution in [0.4, 0.5) is 0 Å². The molecule has 0 N–H and O–H groups in total. The minimum Gasteiger partial charge on any atom is -0.343 e. The highest BCUT2D eigenvalue weighted by atomic mass is 16.1. The van der Waals surface area contributed by atoms with Gasteiger partial charge >= 0.3 is 0 Å². The Hall–Kier alpha value is -1.83. The molecule has 0 unspecified atom stereocenters. The Labute approximate surface area is 88.8 Å². The Kier molecular flexibility index (Phi) is 2.42. The number of aromatic nitrogens is 1. The van der Waals surface area contributed by atoms with E-state index in [9.17, 15) is 4.79 Å². The van der Waals surface area contributed by atoms with Crippen LogP contribution in [-0.2, 0) is 6.54 Å². The molecule has 0 spiro atoms. The molecule has 2 aromatic rings. The van der Waals surface area contributed by atoms with E-state index in [1.54, 1.807) is 0 Å². The van der Waals surface area contributed by atoms with Crippen molar-refractivity contribution in [2.24, 2.45) is 0 Å². The summed E-state index contributed by atoms with van der Waals surface area (Å²) in [5, 5.41) is 1.02. The lowest BCUT2D eigenvalue weighted by atomic mass is 10.1. The van der Waals surface area contributed by atoms with Gasteiger partial charge in [0, 0.05) is 29.2 Å². The molecule has 1 aromatic heterocycles. The van der Waals surface area contributed by atoms with E-state index in [0.29, 0.717) is 0 Å². The first-order chi connectivity index (χ1) is 7.26. The lowest BCUT2D eigenvalue weighted by Crippen LogP contribution is -1.91. The molecule has 0 aliphatic carbocycles. The lowest BCUT2D eigenvalue weighted by molar-refractivity contribution is 0.112. The smallest absolute Gasteiger partial charge is 0.152 e. The van der Waals surface area contributed by atoms with E-state index < -0.39 is 0 Å². The zero-order chi connectivity index (χ0) is 10.8. The normalized spacial score (nSPS) is 10.5. The van der Waals surface area contributed by atoms with Crippen molar-refractivity contribution in [1.82, 2.24) is 4.57 Å². The number of carbonyl (C=O) groups excluding carboxylic acids is 1. The number of hydrogen-bond acceptors (Lipinski definition) is 1. The highest BCUT2D eigenvalue weighted by Crippen LogP contribution is 2.21. The van der Waals surface area contributed by atoms with Gasteiger partial charge in [0.1, 0.15) is 0 Å². The summed E-state index contributed by atoms with van der Waals surface area (Å²) >= 11 is 0. The molecule has 0 fully saturated rings. The van der Waals surface area contributed by atoms with Crippen molar-refractivity contribution in [1.29, 1.82) is 0 Å². The van der Waals surface area contributed by atoms with Gasteiger partial charge in [0.25, 0.3) is 0 Å². The third kappa shape index (κ3) is 1.59. The molecule has 1 heterocycles. The van der Waals surface area contributed by atoms with Crippen LogP contribution in [0.1, 0.15) is 15.9 Å². The van der Waals surface area contributed by atoms with E-state index in [-0.39, 0.29) is 0 Å². The summed E-state index contributed by atoms with van der Waals surface area (Å²) < 4.78 is 2.03. The van der Waals surface area contributed by atoms with Crippen molar-refractivity contribution < 1.29 is 4.79 Å². The summed E-state index contributed by atoms with van der Waals surface area (Å²) in [4.78, 5) is 10.9. The van der Waals surface area contributed by atoms with Gasteiger partial charge in [0.05, 0.1) is 0 Å². The molecule has 76 valence electrons. The minimum atomic E-state index is 0.730. The highest BCUT2D eigenvalue weighted by molar-refractivity contribution is 5.97. The first kappa shape index (κ1) is 9.71. The summed E-state index contributed by atoms with van der Waals surface area (Å²) in [6.45, 7) is 6.46. The van der Waals surface area contributed by atoms with E-state index in [0.717, 1.165) is 29.3 Å². The highest BCUT2D eigenvalue weighted by Gasteiger charge is 2.06. The molecule has 2 rings (SSSR count). The molecular formula is C13H13NO. The van der Waals surface area contributed by atoms with Crippen LogP contribution in [0.5, 0.6) is 0 Å². The molecule has 1 aromatic carbocycles. The molecule has 2 heteroatoms. The summed E-state index contributed by atoms with van der Waals surface area (Å²) in [6, 6.07) is 6.14. The predicted molar refractivity (Wildman–Crippen MR) is 62.3 cm³/mol. The number of carbonyl (C=O) groups is 1. The number of benzene rings is 1. The van der Waals surface area contributed by atoms with Crippen molar-refractivity contribution in [2.75, 3.05) is 0 Å². The Morgan fingerprint density at radius 1 is 1.47 bits per heavy atom. The Bertz CT molecular complexity index is 523. The van der Waals surface area contributed by atoms with Crippen LogP contribution in [0.15, 0.2) is 37.1 Å². The molecule has 0 bridgehead atoms. The number of rotatable bonds is 3. The van der Waals surface area contributed by atoms with E-state index >= 15 is 0 Å². The summed E-state index contributed by atoms with van der Waals surface area (Å²) in [6.07, 6.45) is 4.61. The first-order valence-electron chi connectivity index (χ1n) is 4.92. The van der Waals surface area contributed by atoms with Crippen molar-refractivity contribution in [3.8, 4) is 0 Å². The summed E-state index contributed by atoms with van der Waals surface area (Å²) in [7, 11) is 0. The second-order valence-corrected chi connectivity index (χ2v) is 3.66. The van der Waals surface area contributed by atoms with Crippen molar-refractivity contribution in [2.45, 2.75) is 13.5 Å². The number of aldehydes is 1. The van der Waals surface area contributed by atoms with E-state index in [1.165, 1.54) is 5.56 Å². The molecule has 0 aliphatic heterocycles. The van der Waals surface area contributed by atoms with Crippen molar-refractivity contribution in [3.05, 3.63) is 48.2 Å². The number of hydrogen-bond donors (Lipinski definition) is 0. The van der Waals surface area contributed by atoms with Gasteiger partial charge in [-0.25, -0.2) is 0 Å². The van der Waals surface area contributed by atoms with E-state index in [4.69, 9.17) is 0 Å². The van der Waals surface area contributed by atoms with Crippen molar-refractivity contribution >= 4 is 17.2 Å². The zero-order valence-corrected chi connectivity index (χ0v) is 8.73. The standard InChI is InChI=1S/C13H13NO/c1-3-6-14-8-11(9-15)12-7-10(2)4-5-13(12)14/h3-5,7-9H,1,6H2,2H3. The van der Waals surface area contributed by atoms with Gasteiger partial charge in [0.2, 0.25) is 0 Å². The maximum Gasteiger partial charge on any atom is 0.152 e. The molecule has 0 aliphatic rings. The number of allylic oxidation sites excluding steroid dienone is 1. The fraction of sp³-hybridized carbons (Fsp3) is 0.154. The number of aryl methyl sites for hydroxylation is 1. The van der Waals surface area contributed by atoms with Gasteiger partial charge in [-0.2, -0.15) is 0 Å². The first-order valence-corrected chi connectivity index (χ1v) is 4.92. The van der Waals surface area contributed by atoms with Crippen LogP contribution in [-0.4, -0.2) is 10.9 Å². The summed E-state index contributed by atoms with van der Waals surface area (Å²) in [5.41, 5.74) is 3.00. The van der Waals surface area contributed by atoms with Gasteiger partial charge < -0.3 is 4.57 Å². The SMILES string of the molecule is C=CCn1cc(C=O)c2cc(C)ccc21. The topological polar surface area (TPSA) is 22.0 Å². The fourth-order valence-corrected chi connectivity index (χ4v) is 1.82. The second-order valence-electron chi connectivity index (χ2n) is 3.66. The Morgan fingerprint density at radius 2 is 2.27 bits per heavy atom. The molecule has 15 heavy (non-hydrogen) atoms. The minimum absolute atomic E-state index is 0.730. The van der Waals surface area contributed by atoms with Gasteiger partial charge in [-0.15, -0.1) is 6.58 Å². The Balaban J connectivity index is 2.74. The van der Waals surface area contributed by atoms with Crippen LogP contribution in [0.2, 0.25) is 0 Å². The van der Waals surface area contributed by atoms with Crippen LogP contribution in [0, 0.1) is 6.92 Å². The lowest BCUT2D eigenvalue weighted by Gasteiger charge is -2.00. The van der Waals surface area contributed by atoms with Crippen molar-refractivity contribution in [3.63, 3.8) is 0 Å². The maximum absolute atomic E-state index is 10.9. The van der Waals surface area contributed by atoms with E-state index in [2.05, 4.69) is 12.6 Å². The van der Waals surface area contributed by atoms with Crippen LogP contribution in [0.3, 0.4) is 0 Å². The molecule has 0 saturated carbocycles. The largest absolute Gasteiger partial charge is 0.343 e. The molecule has 0 saturated heterocycles. The second kappa shape index (κ2) is 3.73. The Morgan fingerprint density at radius 3 is 2.93 bits per heavy atom. The predicted octanol–water partition coefficient (Wildman–Crippen LogP) is 2.95. The average Bonchev–Trinajstić information content (AvgIpc) is 2.56. The molecule has 0 radical (unpaired) electrons. The van der Waals surface area contributed by atoms with Gasteiger partial charge in [-0.05, 0) is 19.1 Å². The maximum atomic E-state index is 10.9. The fourth-order valence-electron chi connectivity index (χ4n) is 1.82. The van der Waals surface area contributed by atoms with Gasteiger partial charge in [0.15, 0.2) is 6.29 Å². The van der Waals surface area contributed by atoms with Gasteiger partial charge in [-0.3, -0.25) is 4.79 Å². The third-order valence-corrected chi connectivity index (χ3v) is 2.52. The van der Waals surface area contributed by atoms with E-state index in [1.807, 2.05) is 35.9 Å². The number of nitrogens with zero attached hydrogens (tertiary/aromatic N) is 1. The zero-order valence-electron chi connectivity index (χ0n) is 8.73. The average molecular weight is 199 g/mol. The quantitative estimate of drug-likeness (QED) is 0.550. The van der Waals surface area contributed by atoms with Gasteiger partial charge in [-0.1, -0.05) is 17.7 Å². The molecule has 2 nitrogen and oxygen atoms in total. The summed E-state index contributed by atoms with van der Waals surface area (Å²) in [5.74, 6) is 0. The molecule has 0 atom stereocenters. The third-order valence-electron chi connectivity index (χ3n) is 2.52. The number of fused-ring (bicyclic) bond motifs is 1. The van der Waals surface area contributed by atoms with Crippen LogP contribution >= 0.6 is 0 Å². The molecular weight excluding hydrogens is 186 g/mol. The van der Waals surface area contributed by atoms with Crippen LogP contribution in [0.25, 0.3) is 10.9 Å². The molecule has 0 amide bonds.